The fourth-order valence-corrected chi connectivity index (χ4v) is 2.07. The summed E-state index contributed by atoms with van der Waals surface area (Å²) in [7, 11) is 0. The van der Waals surface area contributed by atoms with Crippen LogP contribution in [0, 0.1) is 5.41 Å². The van der Waals surface area contributed by atoms with Crippen LogP contribution < -0.4 is 0 Å². The molecule has 4 heteroatoms. The van der Waals surface area contributed by atoms with Gasteiger partial charge in [0.2, 0.25) is 0 Å². The predicted octanol–water partition coefficient (Wildman–Crippen LogP) is 2.64. The van der Waals surface area contributed by atoms with E-state index in [2.05, 4.69) is 6.92 Å². The number of cyclic esters (lactones) is 1. The molecule has 1 aliphatic rings. The van der Waals surface area contributed by atoms with Crippen molar-refractivity contribution in [3.8, 4) is 0 Å². The first kappa shape index (κ1) is 15.4. The zero-order valence-corrected chi connectivity index (χ0v) is 11.8. The van der Waals surface area contributed by atoms with E-state index in [4.69, 9.17) is 9.47 Å². The molecule has 1 heterocycles. The molecule has 1 aliphatic heterocycles. The number of esters is 1. The fourth-order valence-electron chi connectivity index (χ4n) is 2.07. The predicted molar refractivity (Wildman–Crippen MR) is 69.0 cm³/mol. The van der Waals surface area contributed by atoms with Gasteiger partial charge in [-0.2, -0.15) is 0 Å². The summed E-state index contributed by atoms with van der Waals surface area (Å²) in [6, 6.07) is 0. The van der Waals surface area contributed by atoms with Crippen molar-refractivity contribution in [2.75, 3.05) is 13.2 Å². The van der Waals surface area contributed by atoms with E-state index in [1.165, 1.54) is 25.7 Å². The Morgan fingerprint density at radius 3 is 2.39 bits per heavy atom. The van der Waals surface area contributed by atoms with E-state index in [9.17, 15) is 9.90 Å². The molecule has 1 saturated heterocycles. The summed E-state index contributed by atoms with van der Waals surface area (Å²) in [6.07, 6.45) is 6.87. The molecule has 1 fully saturated rings. The molecule has 1 unspecified atom stereocenters. The van der Waals surface area contributed by atoms with Crippen LogP contribution in [0.15, 0.2) is 0 Å². The van der Waals surface area contributed by atoms with Gasteiger partial charge in [-0.15, -0.1) is 0 Å². The van der Waals surface area contributed by atoms with Crippen molar-refractivity contribution in [1.82, 2.24) is 0 Å². The summed E-state index contributed by atoms with van der Waals surface area (Å²) in [5.74, 6) is -2.42. The van der Waals surface area contributed by atoms with E-state index in [0.29, 0.717) is 6.61 Å². The number of hydrogen-bond acceptors (Lipinski definition) is 4. The minimum Gasteiger partial charge on any atom is -0.461 e. The molecule has 1 atom stereocenters. The van der Waals surface area contributed by atoms with E-state index in [1.54, 1.807) is 13.8 Å². The molecular formula is C14H26O4. The van der Waals surface area contributed by atoms with Crippen LogP contribution in [0.4, 0.5) is 0 Å². The smallest absolute Gasteiger partial charge is 0.367 e. The third-order valence-electron chi connectivity index (χ3n) is 3.57. The van der Waals surface area contributed by atoms with Crippen LogP contribution in [0.5, 0.6) is 0 Å². The van der Waals surface area contributed by atoms with Crippen LogP contribution >= 0.6 is 0 Å². The highest BCUT2D eigenvalue weighted by Crippen LogP contribution is 2.39. The van der Waals surface area contributed by atoms with Gasteiger partial charge in [-0.1, -0.05) is 52.9 Å². The lowest BCUT2D eigenvalue weighted by molar-refractivity contribution is -0.239. The quantitative estimate of drug-likeness (QED) is 0.413. The van der Waals surface area contributed by atoms with Gasteiger partial charge in [0, 0.05) is 0 Å². The largest absolute Gasteiger partial charge is 0.461 e. The van der Waals surface area contributed by atoms with Crippen molar-refractivity contribution in [2.24, 2.45) is 5.41 Å². The van der Waals surface area contributed by atoms with Crippen molar-refractivity contribution in [1.29, 1.82) is 0 Å². The summed E-state index contributed by atoms with van der Waals surface area (Å²) in [5, 5.41) is 10.2. The summed E-state index contributed by atoms with van der Waals surface area (Å²) in [6.45, 7) is 6.35. The van der Waals surface area contributed by atoms with Crippen molar-refractivity contribution in [3.05, 3.63) is 0 Å². The van der Waals surface area contributed by atoms with Crippen molar-refractivity contribution < 1.29 is 19.4 Å². The van der Waals surface area contributed by atoms with Gasteiger partial charge < -0.3 is 14.6 Å². The summed E-state index contributed by atoms with van der Waals surface area (Å²) >= 11 is 0. The molecule has 0 aromatic carbocycles. The number of carbonyl (C=O) groups is 1. The Bertz CT molecular complexity index is 275. The highest BCUT2D eigenvalue weighted by Gasteiger charge is 2.58. The number of aliphatic hydroxyl groups is 1. The van der Waals surface area contributed by atoms with E-state index < -0.39 is 17.2 Å². The lowest BCUT2D eigenvalue weighted by atomic mass is 9.86. The average molecular weight is 258 g/mol. The Labute approximate surface area is 110 Å². The molecule has 0 bridgehead atoms. The molecule has 0 spiro atoms. The Balaban J connectivity index is 2.23. The lowest BCUT2D eigenvalue weighted by Crippen LogP contribution is -2.49. The number of unbranched alkanes of at least 4 members (excludes halogenated alkanes) is 5. The molecule has 1 N–H and O–H groups in total. The molecule has 106 valence electrons. The second kappa shape index (κ2) is 6.53. The summed E-state index contributed by atoms with van der Waals surface area (Å²) in [4.78, 5) is 11.5. The second-order valence-electron chi connectivity index (χ2n) is 5.72. The van der Waals surface area contributed by atoms with Gasteiger partial charge in [-0.25, -0.2) is 4.79 Å². The van der Waals surface area contributed by atoms with Crippen LogP contribution in [0.2, 0.25) is 0 Å². The van der Waals surface area contributed by atoms with Gasteiger partial charge in [0.15, 0.2) is 0 Å². The first-order chi connectivity index (χ1) is 8.44. The fraction of sp³-hybridized carbons (Fsp3) is 0.929. The molecule has 0 aromatic heterocycles. The minimum absolute atomic E-state index is 0.207. The van der Waals surface area contributed by atoms with E-state index in [-0.39, 0.29) is 6.61 Å². The monoisotopic (exact) mass is 258 g/mol. The van der Waals surface area contributed by atoms with Gasteiger partial charge in [-0.3, -0.25) is 0 Å². The maximum Gasteiger partial charge on any atom is 0.367 e. The van der Waals surface area contributed by atoms with E-state index >= 15 is 0 Å². The Hall–Kier alpha value is -0.610. The van der Waals surface area contributed by atoms with Crippen LogP contribution in [0.1, 0.15) is 59.3 Å². The highest BCUT2D eigenvalue weighted by atomic mass is 16.7. The summed E-state index contributed by atoms with van der Waals surface area (Å²) in [5.41, 5.74) is -0.674. The van der Waals surface area contributed by atoms with Crippen molar-refractivity contribution in [2.45, 2.75) is 65.1 Å². The molecule has 0 saturated carbocycles. The number of hydrogen-bond donors (Lipinski definition) is 1. The van der Waals surface area contributed by atoms with Crippen molar-refractivity contribution in [3.63, 3.8) is 0 Å². The van der Waals surface area contributed by atoms with Crippen LogP contribution in [0.3, 0.4) is 0 Å². The third kappa shape index (κ3) is 3.45. The summed E-state index contributed by atoms with van der Waals surface area (Å²) < 4.78 is 10.3. The Kier molecular flexibility index (Phi) is 5.60. The second-order valence-corrected chi connectivity index (χ2v) is 5.72. The molecule has 0 amide bonds. The average Bonchev–Trinajstić information content (AvgIpc) is 2.52. The first-order valence-corrected chi connectivity index (χ1v) is 6.97. The van der Waals surface area contributed by atoms with Gasteiger partial charge in [0.05, 0.1) is 12.0 Å². The van der Waals surface area contributed by atoms with Gasteiger partial charge in [0.1, 0.15) is 6.61 Å². The van der Waals surface area contributed by atoms with Gasteiger partial charge >= 0.3 is 5.97 Å². The first-order valence-electron chi connectivity index (χ1n) is 6.97. The minimum atomic E-state index is -1.77. The topological polar surface area (TPSA) is 55.8 Å². The van der Waals surface area contributed by atoms with Gasteiger partial charge in [0.25, 0.3) is 5.79 Å². The van der Waals surface area contributed by atoms with Crippen molar-refractivity contribution >= 4 is 5.97 Å². The Morgan fingerprint density at radius 1 is 1.22 bits per heavy atom. The molecule has 0 radical (unpaired) electrons. The van der Waals surface area contributed by atoms with Gasteiger partial charge in [-0.05, 0) is 6.42 Å². The van der Waals surface area contributed by atoms with Crippen LogP contribution in [-0.2, 0) is 14.3 Å². The molecular weight excluding hydrogens is 232 g/mol. The third-order valence-corrected chi connectivity index (χ3v) is 3.57. The zero-order chi connectivity index (χ0) is 13.6. The molecule has 0 aliphatic carbocycles. The lowest BCUT2D eigenvalue weighted by Gasteiger charge is -2.30. The van der Waals surface area contributed by atoms with Crippen LogP contribution in [0.25, 0.3) is 0 Å². The van der Waals surface area contributed by atoms with E-state index in [1.807, 2.05) is 0 Å². The SMILES string of the molecule is CCCCCCCCOC1(O)C(=O)OCC1(C)C. The molecule has 18 heavy (non-hydrogen) atoms. The normalized spacial score (nSPS) is 26.3. The maximum atomic E-state index is 11.5. The van der Waals surface area contributed by atoms with Crippen LogP contribution in [-0.4, -0.2) is 30.1 Å². The molecule has 0 aromatic rings. The Morgan fingerprint density at radius 2 is 1.83 bits per heavy atom. The maximum absolute atomic E-state index is 11.5. The van der Waals surface area contributed by atoms with E-state index in [0.717, 1.165) is 12.8 Å². The zero-order valence-electron chi connectivity index (χ0n) is 11.8. The number of rotatable bonds is 8. The standard InChI is InChI=1S/C14H26O4/c1-4-5-6-7-8-9-10-18-14(16)12(15)17-11-13(14,2)3/h16H,4-11H2,1-3H3. The molecule has 1 rings (SSSR count). The number of ether oxygens (including phenoxy) is 2. The highest BCUT2D eigenvalue weighted by molar-refractivity contribution is 5.80. The number of carbonyl (C=O) groups excluding carboxylic acids is 1. The molecule has 4 nitrogen and oxygen atoms in total.